The van der Waals surface area contributed by atoms with Gasteiger partial charge in [-0.05, 0) is 12.5 Å². The summed E-state index contributed by atoms with van der Waals surface area (Å²) in [5, 5.41) is 2.11. The topological polar surface area (TPSA) is 55.4 Å². The predicted molar refractivity (Wildman–Crippen MR) is 67.3 cm³/mol. The maximum Gasteiger partial charge on any atom is 0.353 e. The second-order valence-electron chi connectivity index (χ2n) is 4.94. The first-order valence-corrected chi connectivity index (χ1v) is 6.30. The summed E-state index contributed by atoms with van der Waals surface area (Å²) < 4.78 is 45.9. The van der Waals surface area contributed by atoms with Crippen molar-refractivity contribution < 1.29 is 27.5 Å². The number of nitrogens with one attached hydrogen (secondary N) is 1. The van der Waals surface area contributed by atoms with Crippen LogP contribution in [0.3, 0.4) is 0 Å². The van der Waals surface area contributed by atoms with Crippen LogP contribution in [0, 0.1) is 5.82 Å². The van der Waals surface area contributed by atoms with Gasteiger partial charge in [0.15, 0.2) is 0 Å². The zero-order valence-corrected chi connectivity index (χ0v) is 11.3. The molecule has 2 atom stereocenters. The first-order valence-electron chi connectivity index (χ1n) is 6.30. The van der Waals surface area contributed by atoms with Gasteiger partial charge in [0.1, 0.15) is 12.5 Å². The number of benzene rings is 1. The van der Waals surface area contributed by atoms with Crippen LogP contribution in [0.25, 0.3) is 0 Å². The number of hydrogen-bond acceptors (Lipinski definition) is 3. The summed E-state index contributed by atoms with van der Waals surface area (Å²) in [5.74, 6) is -3.37. The minimum absolute atomic E-state index is 0.0761. The summed E-state index contributed by atoms with van der Waals surface area (Å²) in [6.45, 7) is -1.11. The van der Waals surface area contributed by atoms with Gasteiger partial charge in [0.05, 0.1) is 12.6 Å². The number of ether oxygens (including phenoxy) is 1. The summed E-state index contributed by atoms with van der Waals surface area (Å²) in [4.78, 5) is 23.3. The largest absolute Gasteiger partial charge is 0.466 e. The van der Waals surface area contributed by atoms with Crippen molar-refractivity contribution in [3.63, 3.8) is 0 Å². The maximum atomic E-state index is 14.4. The van der Waals surface area contributed by atoms with E-state index in [2.05, 4.69) is 10.1 Å². The Balaban J connectivity index is 2.37. The normalized spacial score (nSPS) is 28.9. The summed E-state index contributed by atoms with van der Waals surface area (Å²) >= 11 is 0. The van der Waals surface area contributed by atoms with Crippen LogP contribution in [0.5, 0.6) is 0 Å². The average Bonchev–Trinajstić information content (AvgIpc) is 2.50. The molecule has 1 aromatic carbocycles. The van der Waals surface area contributed by atoms with Crippen LogP contribution < -0.4 is 5.32 Å². The van der Waals surface area contributed by atoms with Gasteiger partial charge in [-0.2, -0.15) is 0 Å². The third-order valence-corrected chi connectivity index (χ3v) is 3.74. The molecule has 1 aliphatic heterocycles. The van der Waals surface area contributed by atoms with Crippen LogP contribution in [0.15, 0.2) is 24.3 Å². The number of rotatable bonds is 3. The number of amides is 1. The number of esters is 1. The predicted octanol–water partition coefficient (Wildman–Crippen LogP) is 1.78. The standard InChI is InChI=1S/C14H14F3NO3/c1-21-12(20)14(17)7-6-13(8-15,18-11(14)19)9-4-2-3-5-10(9)16/h2-5H,6-8H2,1H3,(H,18,19)/t13-,14?/m1/s1. The van der Waals surface area contributed by atoms with Gasteiger partial charge in [-0.1, -0.05) is 18.2 Å². The summed E-state index contributed by atoms with van der Waals surface area (Å²) in [6.07, 6.45) is -0.842. The highest BCUT2D eigenvalue weighted by Gasteiger charge is 2.56. The van der Waals surface area contributed by atoms with Gasteiger partial charge in [-0.15, -0.1) is 0 Å². The first-order chi connectivity index (χ1) is 9.89. The Hall–Kier alpha value is -2.05. The number of hydrogen-bond donors (Lipinski definition) is 1. The van der Waals surface area contributed by atoms with E-state index in [0.29, 0.717) is 0 Å². The molecule has 1 saturated heterocycles. The van der Waals surface area contributed by atoms with E-state index in [1.807, 2.05) is 0 Å². The quantitative estimate of drug-likeness (QED) is 0.684. The second-order valence-corrected chi connectivity index (χ2v) is 4.94. The van der Waals surface area contributed by atoms with Crippen molar-refractivity contribution in [1.82, 2.24) is 5.32 Å². The Morgan fingerprint density at radius 1 is 1.38 bits per heavy atom. The van der Waals surface area contributed by atoms with Crippen molar-refractivity contribution >= 4 is 11.9 Å². The van der Waals surface area contributed by atoms with Crippen molar-refractivity contribution in [3.05, 3.63) is 35.6 Å². The fraction of sp³-hybridized carbons (Fsp3) is 0.429. The van der Waals surface area contributed by atoms with E-state index in [1.54, 1.807) is 0 Å². The smallest absolute Gasteiger partial charge is 0.353 e. The van der Waals surface area contributed by atoms with Crippen LogP contribution in [-0.4, -0.2) is 31.3 Å². The molecule has 0 radical (unpaired) electrons. The molecule has 1 amide bonds. The fourth-order valence-electron chi connectivity index (χ4n) is 2.46. The molecule has 0 spiro atoms. The van der Waals surface area contributed by atoms with Crippen LogP contribution >= 0.6 is 0 Å². The Morgan fingerprint density at radius 2 is 2.05 bits per heavy atom. The SMILES string of the molecule is COC(=O)C1(F)CC[C@@](CF)(c2ccccc2F)NC1=O. The van der Waals surface area contributed by atoms with Crippen molar-refractivity contribution in [3.8, 4) is 0 Å². The van der Waals surface area contributed by atoms with Crippen LogP contribution in [-0.2, 0) is 19.9 Å². The lowest BCUT2D eigenvalue weighted by Gasteiger charge is -2.40. The van der Waals surface area contributed by atoms with Crippen molar-refractivity contribution in [2.75, 3.05) is 13.8 Å². The molecule has 0 bridgehead atoms. The zero-order valence-electron chi connectivity index (χ0n) is 11.3. The number of carbonyl (C=O) groups excluding carboxylic acids is 2. The highest BCUT2D eigenvalue weighted by atomic mass is 19.1. The second kappa shape index (κ2) is 5.38. The summed E-state index contributed by atoms with van der Waals surface area (Å²) in [7, 11) is 0.949. The van der Waals surface area contributed by atoms with E-state index >= 15 is 0 Å². The van der Waals surface area contributed by atoms with Crippen LogP contribution in [0.4, 0.5) is 13.2 Å². The lowest BCUT2D eigenvalue weighted by atomic mass is 9.78. The molecule has 1 unspecified atom stereocenters. The van der Waals surface area contributed by atoms with E-state index in [9.17, 15) is 22.8 Å². The van der Waals surface area contributed by atoms with E-state index in [4.69, 9.17) is 0 Å². The Kier molecular flexibility index (Phi) is 3.93. The highest BCUT2D eigenvalue weighted by Crippen LogP contribution is 2.38. The molecule has 21 heavy (non-hydrogen) atoms. The van der Waals surface area contributed by atoms with E-state index in [0.717, 1.165) is 13.2 Å². The Labute approximate surface area is 119 Å². The first kappa shape index (κ1) is 15.3. The molecule has 7 heteroatoms. The van der Waals surface area contributed by atoms with Crippen LogP contribution in [0.2, 0.25) is 0 Å². The van der Waals surface area contributed by atoms with Gasteiger partial charge in [0, 0.05) is 12.0 Å². The lowest BCUT2D eigenvalue weighted by molar-refractivity contribution is -0.165. The third kappa shape index (κ3) is 2.36. The third-order valence-electron chi connectivity index (χ3n) is 3.74. The van der Waals surface area contributed by atoms with E-state index in [1.165, 1.54) is 18.2 Å². The summed E-state index contributed by atoms with van der Waals surface area (Å²) in [5.41, 5.74) is -4.63. The summed E-state index contributed by atoms with van der Waals surface area (Å²) in [6, 6.07) is 5.35. The van der Waals surface area contributed by atoms with Gasteiger partial charge in [-0.3, -0.25) is 4.79 Å². The van der Waals surface area contributed by atoms with E-state index in [-0.39, 0.29) is 12.0 Å². The number of alkyl halides is 2. The van der Waals surface area contributed by atoms with Crippen molar-refractivity contribution in [1.29, 1.82) is 0 Å². The fourth-order valence-corrected chi connectivity index (χ4v) is 2.46. The number of carbonyl (C=O) groups is 2. The minimum atomic E-state index is -2.88. The minimum Gasteiger partial charge on any atom is -0.466 e. The molecule has 1 aliphatic rings. The molecule has 0 aliphatic carbocycles. The molecule has 1 fully saturated rings. The molecule has 0 saturated carbocycles. The van der Waals surface area contributed by atoms with E-state index < -0.39 is 42.0 Å². The molecule has 1 heterocycles. The number of halogens is 3. The molecular weight excluding hydrogens is 287 g/mol. The van der Waals surface area contributed by atoms with Gasteiger partial charge in [-0.25, -0.2) is 18.0 Å². The highest BCUT2D eigenvalue weighted by molar-refractivity contribution is 6.06. The van der Waals surface area contributed by atoms with Gasteiger partial charge < -0.3 is 10.1 Å². The molecule has 1 aromatic rings. The van der Waals surface area contributed by atoms with Crippen molar-refractivity contribution in [2.45, 2.75) is 24.0 Å². The Bertz CT molecular complexity index is 580. The number of piperidine rings is 1. The molecule has 0 aromatic heterocycles. The molecule has 4 nitrogen and oxygen atoms in total. The van der Waals surface area contributed by atoms with Gasteiger partial charge in [0.25, 0.3) is 11.6 Å². The lowest BCUT2D eigenvalue weighted by Crippen LogP contribution is -2.62. The molecule has 114 valence electrons. The van der Waals surface area contributed by atoms with Gasteiger partial charge >= 0.3 is 5.97 Å². The molecule has 2 rings (SSSR count). The zero-order chi connectivity index (χ0) is 15.7. The Morgan fingerprint density at radius 3 is 2.57 bits per heavy atom. The maximum absolute atomic E-state index is 14.4. The van der Waals surface area contributed by atoms with Gasteiger partial charge in [0.2, 0.25) is 0 Å². The number of methoxy groups -OCH3 is 1. The average molecular weight is 301 g/mol. The monoisotopic (exact) mass is 301 g/mol. The van der Waals surface area contributed by atoms with Crippen LogP contribution in [0.1, 0.15) is 18.4 Å². The molecule has 1 N–H and O–H groups in total. The molecular formula is C14H14F3NO3. The van der Waals surface area contributed by atoms with Crippen molar-refractivity contribution in [2.24, 2.45) is 0 Å².